The van der Waals surface area contributed by atoms with Crippen LogP contribution in [0, 0.1) is 13.8 Å². The van der Waals surface area contributed by atoms with Crippen molar-refractivity contribution >= 4 is 5.65 Å². The average Bonchev–Trinajstić information content (AvgIpc) is 3.03. The molecule has 0 amide bonds. The van der Waals surface area contributed by atoms with Crippen molar-refractivity contribution in [1.29, 1.82) is 0 Å². The van der Waals surface area contributed by atoms with Crippen LogP contribution in [0.2, 0.25) is 0 Å². The Morgan fingerprint density at radius 2 is 2.24 bits per heavy atom. The summed E-state index contributed by atoms with van der Waals surface area (Å²) in [4.78, 5) is 23.6. The topological polar surface area (TPSA) is 88.4 Å². The van der Waals surface area contributed by atoms with E-state index in [-0.39, 0.29) is 11.7 Å². The number of aromatic nitrogens is 5. The fourth-order valence-electron chi connectivity index (χ4n) is 3.13. The van der Waals surface area contributed by atoms with Crippen molar-refractivity contribution in [3.8, 4) is 0 Å². The lowest BCUT2D eigenvalue weighted by Crippen LogP contribution is -2.38. The number of aryl methyl sites for hydroxylation is 2. The maximum atomic E-state index is 12.3. The predicted molar refractivity (Wildman–Crippen MR) is 91.3 cm³/mol. The number of H-pyrrole nitrogens is 1. The van der Waals surface area contributed by atoms with Crippen molar-refractivity contribution in [3.05, 3.63) is 57.7 Å². The number of nitrogens with one attached hydrogen (secondary N) is 1. The highest BCUT2D eigenvalue weighted by atomic mass is 16.5. The molecule has 8 heteroatoms. The number of morpholine rings is 1. The summed E-state index contributed by atoms with van der Waals surface area (Å²) in [7, 11) is 0. The monoisotopic (exact) mass is 340 g/mol. The molecule has 0 bridgehead atoms. The van der Waals surface area contributed by atoms with Gasteiger partial charge in [-0.3, -0.25) is 19.2 Å². The van der Waals surface area contributed by atoms with Gasteiger partial charge in [0.1, 0.15) is 17.6 Å². The lowest BCUT2D eigenvalue weighted by molar-refractivity contribution is -0.0374. The lowest BCUT2D eigenvalue weighted by atomic mass is 10.2. The van der Waals surface area contributed by atoms with Gasteiger partial charge in [0, 0.05) is 31.9 Å². The summed E-state index contributed by atoms with van der Waals surface area (Å²) in [6, 6.07) is 5.42. The molecule has 0 saturated carbocycles. The van der Waals surface area contributed by atoms with E-state index in [1.807, 2.05) is 26.0 Å². The lowest BCUT2D eigenvalue weighted by Gasteiger charge is -2.31. The summed E-state index contributed by atoms with van der Waals surface area (Å²) in [5.41, 5.74) is 2.40. The van der Waals surface area contributed by atoms with E-state index in [4.69, 9.17) is 4.74 Å². The molecule has 1 aliphatic heterocycles. The van der Waals surface area contributed by atoms with Crippen LogP contribution in [0.3, 0.4) is 0 Å². The molecule has 0 spiro atoms. The minimum absolute atomic E-state index is 0.0573. The van der Waals surface area contributed by atoms with E-state index < -0.39 is 0 Å². The van der Waals surface area contributed by atoms with Gasteiger partial charge in [0.05, 0.1) is 12.3 Å². The summed E-state index contributed by atoms with van der Waals surface area (Å²) in [6.45, 7) is 6.49. The smallest absolute Gasteiger partial charge is 0.258 e. The van der Waals surface area contributed by atoms with Crippen LogP contribution in [0.15, 0.2) is 29.2 Å². The standard InChI is InChI=1S/C17H20N6O2/c1-11-4-3-5-23-15(24)8-13(19-17(11)23)9-22-6-7-25-14(10-22)16-18-12(2)20-21-16/h3-5,8,14H,6-7,9-10H2,1-2H3,(H,18,20,21)/t14-/m1/s1. The Labute approximate surface area is 144 Å². The van der Waals surface area contributed by atoms with Crippen LogP contribution in [0.1, 0.15) is 29.0 Å². The Morgan fingerprint density at radius 3 is 3.04 bits per heavy atom. The first-order valence-electron chi connectivity index (χ1n) is 8.31. The van der Waals surface area contributed by atoms with Crippen LogP contribution in [0.4, 0.5) is 0 Å². The first-order valence-corrected chi connectivity index (χ1v) is 8.31. The Kier molecular flexibility index (Phi) is 4.06. The van der Waals surface area contributed by atoms with Crippen molar-refractivity contribution in [3.63, 3.8) is 0 Å². The molecule has 130 valence electrons. The minimum atomic E-state index is -0.165. The van der Waals surface area contributed by atoms with Crippen molar-refractivity contribution in [2.75, 3.05) is 19.7 Å². The molecule has 3 aromatic rings. The van der Waals surface area contributed by atoms with E-state index in [2.05, 4.69) is 25.1 Å². The Bertz CT molecular complexity index is 963. The van der Waals surface area contributed by atoms with Gasteiger partial charge in [-0.15, -0.1) is 0 Å². The molecule has 4 rings (SSSR count). The second-order valence-corrected chi connectivity index (χ2v) is 6.34. The average molecular weight is 340 g/mol. The zero-order valence-electron chi connectivity index (χ0n) is 14.3. The van der Waals surface area contributed by atoms with E-state index in [1.54, 1.807) is 16.7 Å². The summed E-state index contributed by atoms with van der Waals surface area (Å²) in [5.74, 6) is 1.44. The third-order valence-corrected chi connectivity index (χ3v) is 4.38. The molecule has 8 nitrogen and oxygen atoms in total. The third-order valence-electron chi connectivity index (χ3n) is 4.38. The Balaban J connectivity index is 1.56. The van der Waals surface area contributed by atoms with Crippen LogP contribution in [0.5, 0.6) is 0 Å². The van der Waals surface area contributed by atoms with Gasteiger partial charge < -0.3 is 4.74 Å². The van der Waals surface area contributed by atoms with Crippen molar-refractivity contribution in [1.82, 2.24) is 29.5 Å². The van der Waals surface area contributed by atoms with E-state index >= 15 is 0 Å². The first-order chi connectivity index (χ1) is 12.1. The Hall–Kier alpha value is -2.58. The number of hydrogen-bond acceptors (Lipinski definition) is 6. The molecule has 1 N–H and O–H groups in total. The molecule has 0 aliphatic carbocycles. The van der Waals surface area contributed by atoms with Gasteiger partial charge in [0.25, 0.3) is 5.56 Å². The zero-order valence-corrected chi connectivity index (χ0v) is 14.3. The highest BCUT2D eigenvalue weighted by molar-refractivity contribution is 5.46. The van der Waals surface area contributed by atoms with Crippen LogP contribution < -0.4 is 5.56 Å². The van der Waals surface area contributed by atoms with Crippen molar-refractivity contribution < 1.29 is 4.74 Å². The normalized spacial score (nSPS) is 18.7. The first kappa shape index (κ1) is 15.9. The third kappa shape index (κ3) is 3.18. The quantitative estimate of drug-likeness (QED) is 0.765. The number of hydrogen-bond donors (Lipinski definition) is 1. The van der Waals surface area contributed by atoms with E-state index in [0.717, 1.165) is 23.6 Å². The van der Waals surface area contributed by atoms with Gasteiger partial charge >= 0.3 is 0 Å². The molecule has 0 aromatic carbocycles. The van der Waals surface area contributed by atoms with Gasteiger partial charge in [-0.1, -0.05) is 6.07 Å². The predicted octanol–water partition coefficient (Wildman–Crippen LogP) is 1.00. The van der Waals surface area contributed by atoms with E-state index in [1.165, 1.54) is 0 Å². The van der Waals surface area contributed by atoms with Gasteiger partial charge in [0.15, 0.2) is 5.82 Å². The molecule has 3 aromatic heterocycles. The minimum Gasteiger partial charge on any atom is -0.367 e. The molecule has 1 atom stereocenters. The fraction of sp³-hybridized carbons (Fsp3) is 0.412. The fourth-order valence-corrected chi connectivity index (χ4v) is 3.13. The number of fused-ring (bicyclic) bond motifs is 1. The SMILES string of the molecule is Cc1nc([C@H]2CN(Cc3cc(=O)n4cccc(C)c4n3)CCO2)n[nH]1. The van der Waals surface area contributed by atoms with Crippen molar-refractivity contribution in [2.24, 2.45) is 0 Å². The molecule has 25 heavy (non-hydrogen) atoms. The second-order valence-electron chi connectivity index (χ2n) is 6.34. The van der Waals surface area contributed by atoms with E-state index in [0.29, 0.717) is 31.2 Å². The van der Waals surface area contributed by atoms with Crippen LogP contribution in [-0.2, 0) is 11.3 Å². The zero-order chi connectivity index (χ0) is 17.4. The molecule has 1 aliphatic rings. The van der Waals surface area contributed by atoms with Crippen molar-refractivity contribution in [2.45, 2.75) is 26.5 Å². The largest absolute Gasteiger partial charge is 0.367 e. The van der Waals surface area contributed by atoms with Crippen LogP contribution in [-0.4, -0.2) is 49.2 Å². The van der Waals surface area contributed by atoms with Gasteiger partial charge in [-0.05, 0) is 25.5 Å². The molecule has 1 saturated heterocycles. The molecule has 4 heterocycles. The van der Waals surface area contributed by atoms with E-state index in [9.17, 15) is 4.79 Å². The molecule has 0 radical (unpaired) electrons. The summed E-state index contributed by atoms with van der Waals surface area (Å²) >= 11 is 0. The molecular weight excluding hydrogens is 320 g/mol. The van der Waals surface area contributed by atoms with Gasteiger partial charge in [-0.2, -0.15) is 5.10 Å². The van der Waals surface area contributed by atoms with Gasteiger partial charge in [-0.25, -0.2) is 9.97 Å². The number of aromatic amines is 1. The maximum Gasteiger partial charge on any atom is 0.258 e. The number of pyridine rings is 1. The molecule has 0 unspecified atom stereocenters. The summed E-state index contributed by atoms with van der Waals surface area (Å²) in [6.07, 6.45) is 1.58. The van der Waals surface area contributed by atoms with Crippen LogP contribution >= 0.6 is 0 Å². The molecule has 1 fully saturated rings. The van der Waals surface area contributed by atoms with Gasteiger partial charge in [0.2, 0.25) is 0 Å². The summed E-state index contributed by atoms with van der Waals surface area (Å²) < 4.78 is 7.37. The highest BCUT2D eigenvalue weighted by Gasteiger charge is 2.25. The number of rotatable bonds is 3. The number of ether oxygens (including phenoxy) is 1. The Morgan fingerprint density at radius 1 is 1.36 bits per heavy atom. The highest BCUT2D eigenvalue weighted by Crippen LogP contribution is 2.20. The second kappa shape index (κ2) is 6.38. The van der Waals surface area contributed by atoms with Crippen LogP contribution in [0.25, 0.3) is 5.65 Å². The number of nitrogens with zero attached hydrogens (tertiary/aromatic N) is 5. The maximum absolute atomic E-state index is 12.3. The molecular formula is C17H20N6O2. The summed E-state index contributed by atoms with van der Waals surface area (Å²) in [5, 5.41) is 7.04.